The standard InChI is InChI=1S/C19H16N4O4S/c1-2-11-22-18(25)13-7-3-4-8-14(13)21-19(22)28-12-17(24)20-15-9-5-6-10-16(15)23(26)27/h2-10H,1,11-12H2,(H,20,24). The van der Waals surface area contributed by atoms with Crippen LogP contribution in [0.25, 0.3) is 10.9 Å². The fourth-order valence-corrected chi connectivity index (χ4v) is 3.41. The Morgan fingerprint density at radius 2 is 1.96 bits per heavy atom. The van der Waals surface area contributed by atoms with Crippen molar-refractivity contribution < 1.29 is 9.72 Å². The molecule has 0 aliphatic carbocycles. The minimum atomic E-state index is -0.560. The third-order valence-corrected chi connectivity index (χ3v) is 4.82. The van der Waals surface area contributed by atoms with Crippen LogP contribution in [-0.4, -0.2) is 26.1 Å². The number of para-hydroxylation sites is 3. The number of rotatable bonds is 7. The number of anilines is 1. The van der Waals surface area contributed by atoms with E-state index in [0.29, 0.717) is 16.1 Å². The van der Waals surface area contributed by atoms with Gasteiger partial charge in [-0.05, 0) is 18.2 Å². The van der Waals surface area contributed by atoms with Crippen LogP contribution in [0.3, 0.4) is 0 Å². The maximum absolute atomic E-state index is 12.7. The van der Waals surface area contributed by atoms with Gasteiger partial charge in [-0.25, -0.2) is 4.98 Å². The van der Waals surface area contributed by atoms with E-state index in [1.165, 1.54) is 22.8 Å². The predicted molar refractivity (Wildman–Crippen MR) is 109 cm³/mol. The van der Waals surface area contributed by atoms with Crippen LogP contribution in [0.5, 0.6) is 0 Å². The van der Waals surface area contributed by atoms with E-state index in [1.54, 1.807) is 36.4 Å². The number of nitrogens with one attached hydrogen (secondary N) is 1. The summed E-state index contributed by atoms with van der Waals surface area (Å²) in [6, 6.07) is 12.9. The summed E-state index contributed by atoms with van der Waals surface area (Å²) in [6.07, 6.45) is 1.58. The molecule has 0 saturated heterocycles. The van der Waals surface area contributed by atoms with Gasteiger partial charge in [0.2, 0.25) is 5.91 Å². The molecular formula is C19H16N4O4S. The first-order valence-corrected chi connectivity index (χ1v) is 9.26. The lowest BCUT2D eigenvalue weighted by Gasteiger charge is -2.11. The van der Waals surface area contributed by atoms with Crippen molar-refractivity contribution in [3.05, 3.63) is 81.7 Å². The Kier molecular flexibility index (Phi) is 5.85. The highest BCUT2D eigenvalue weighted by molar-refractivity contribution is 7.99. The first-order valence-electron chi connectivity index (χ1n) is 8.28. The molecule has 0 spiro atoms. The SMILES string of the molecule is C=CCn1c(SCC(=O)Nc2ccccc2[N+](=O)[O-])nc2ccccc2c1=O. The molecule has 28 heavy (non-hydrogen) atoms. The van der Waals surface area contributed by atoms with E-state index in [9.17, 15) is 19.7 Å². The molecule has 0 atom stereocenters. The first-order chi connectivity index (χ1) is 13.5. The number of carbonyl (C=O) groups excluding carboxylic acids is 1. The Hall–Kier alpha value is -3.46. The summed E-state index contributed by atoms with van der Waals surface area (Å²) >= 11 is 1.08. The molecule has 3 aromatic rings. The largest absolute Gasteiger partial charge is 0.320 e. The lowest BCUT2D eigenvalue weighted by Crippen LogP contribution is -2.23. The third kappa shape index (κ3) is 4.09. The number of nitro groups is 1. The molecule has 0 fully saturated rings. The van der Waals surface area contributed by atoms with Crippen LogP contribution in [-0.2, 0) is 11.3 Å². The number of thioether (sulfide) groups is 1. The van der Waals surface area contributed by atoms with Crippen molar-refractivity contribution in [1.82, 2.24) is 9.55 Å². The number of fused-ring (bicyclic) bond motifs is 1. The quantitative estimate of drug-likeness (QED) is 0.216. The highest BCUT2D eigenvalue weighted by atomic mass is 32.2. The number of benzene rings is 2. The van der Waals surface area contributed by atoms with Crippen molar-refractivity contribution >= 4 is 39.9 Å². The zero-order valence-corrected chi connectivity index (χ0v) is 15.5. The Labute approximate surface area is 164 Å². The van der Waals surface area contributed by atoms with Crippen molar-refractivity contribution in [2.45, 2.75) is 11.7 Å². The molecule has 0 saturated carbocycles. The van der Waals surface area contributed by atoms with Crippen LogP contribution in [0.15, 0.2) is 71.1 Å². The molecule has 142 valence electrons. The van der Waals surface area contributed by atoms with Crippen molar-refractivity contribution in [1.29, 1.82) is 0 Å². The molecule has 1 amide bonds. The Bertz CT molecular complexity index is 1130. The monoisotopic (exact) mass is 396 g/mol. The Balaban J connectivity index is 1.82. The van der Waals surface area contributed by atoms with Crippen molar-refractivity contribution in [3.63, 3.8) is 0 Å². The van der Waals surface area contributed by atoms with E-state index in [-0.39, 0.29) is 29.2 Å². The summed E-state index contributed by atoms with van der Waals surface area (Å²) < 4.78 is 1.44. The number of nitro benzene ring substituents is 1. The van der Waals surface area contributed by atoms with Gasteiger partial charge < -0.3 is 5.32 Å². The van der Waals surface area contributed by atoms with Crippen LogP contribution < -0.4 is 10.9 Å². The number of hydrogen-bond acceptors (Lipinski definition) is 6. The van der Waals surface area contributed by atoms with Gasteiger partial charge in [0.25, 0.3) is 11.2 Å². The van der Waals surface area contributed by atoms with E-state index in [4.69, 9.17) is 0 Å². The summed E-state index contributed by atoms with van der Waals surface area (Å²) in [5.41, 5.74) is 0.253. The van der Waals surface area contributed by atoms with Gasteiger partial charge in [0.05, 0.1) is 21.6 Å². The molecule has 0 aliphatic rings. The average molecular weight is 396 g/mol. The van der Waals surface area contributed by atoms with E-state index in [0.717, 1.165) is 11.8 Å². The smallest absolute Gasteiger partial charge is 0.292 e. The Morgan fingerprint density at radius 1 is 1.25 bits per heavy atom. The summed E-state index contributed by atoms with van der Waals surface area (Å²) in [7, 11) is 0. The average Bonchev–Trinajstić information content (AvgIpc) is 2.69. The fraction of sp³-hybridized carbons (Fsp3) is 0.105. The van der Waals surface area contributed by atoms with Gasteiger partial charge in [0.1, 0.15) is 5.69 Å². The number of carbonyl (C=O) groups is 1. The minimum Gasteiger partial charge on any atom is -0.320 e. The van der Waals surface area contributed by atoms with E-state index in [1.807, 2.05) is 0 Å². The molecule has 0 unspecified atom stereocenters. The van der Waals surface area contributed by atoms with Gasteiger partial charge in [-0.2, -0.15) is 0 Å². The van der Waals surface area contributed by atoms with Gasteiger partial charge in [-0.1, -0.05) is 42.1 Å². The van der Waals surface area contributed by atoms with Crippen LogP contribution in [0, 0.1) is 10.1 Å². The fourth-order valence-electron chi connectivity index (χ4n) is 2.60. The lowest BCUT2D eigenvalue weighted by atomic mass is 10.2. The number of aromatic nitrogens is 2. The maximum atomic E-state index is 12.7. The molecular weight excluding hydrogens is 380 g/mol. The maximum Gasteiger partial charge on any atom is 0.292 e. The van der Waals surface area contributed by atoms with Crippen LogP contribution in [0.2, 0.25) is 0 Å². The van der Waals surface area contributed by atoms with Gasteiger partial charge >= 0.3 is 0 Å². The predicted octanol–water partition coefficient (Wildman–Crippen LogP) is 3.22. The summed E-state index contributed by atoms with van der Waals surface area (Å²) in [6.45, 7) is 3.91. The topological polar surface area (TPSA) is 107 Å². The molecule has 1 heterocycles. The van der Waals surface area contributed by atoms with Crippen molar-refractivity contribution in [3.8, 4) is 0 Å². The van der Waals surface area contributed by atoms with E-state index >= 15 is 0 Å². The first kappa shape index (κ1) is 19.3. The van der Waals surface area contributed by atoms with Gasteiger partial charge in [-0.15, -0.1) is 6.58 Å². The molecule has 2 aromatic carbocycles. The van der Waals surface area contributed by atoms with Crippen molar-refractivity contribution in [2.75, 3.05) is 11.1 Å². The lowest BCUT2D eigenvalue weighted by molar-refractivity contribution is -0.383. The number of nitrogens with zero attached hydrogens (tertiary/aromatic N) is 3. The number of hydrogen-bond donors (Lipinski definition) is 1. The molecule has 1 aromatic heterocycles. The molecule has 0 bridgehead atoms. The van der Waals surface area contributed by atoms with Gasteiger partial charge in [0, 0.05) is 12.6 Å². The molecule has 0 radical (unpaired) electrons. The third-order valence-electron chi connectivity index (χ3n) is 3.85. The zero-order chi connectivity index (χ0) is 20.1. The normalized spacial score (nSPS) is 10.6. The second-order valence-electron chi connectivity index (χ2n) is 5.73. The van der Waals surface area contributed by atoms with Crippen molar-refractivity contribution in [2.24, 2.45) is 0 Å². The van der Waals surface area contributed by atoms with E-state index in [2.05, 4.69) is 16.9 Å². The summed E-state index contributed by atoms with van der Waals surface area (Å²) in [4.78, 5) is 39.9. The second kappa shape index (κ2) is 8.49. The van der Waals surface area contributed by atoms with Gasteiger partial charge in [0.15, 0.2) is 5.16 Å². The second-order valence-corrected chi connectivity index (χ2v) is 6.67. The van der Waals surface area contributed by atoms with Crippen LogP contribution in [0.4, 0.5) is 11.4 Å². The van der Waals surface area contributed by atoms with E-state index < -0.39 is 10.8 Å². The molecule has 9 heteroatoms. The molecule has 8 nitrogen and oxygen atoms in total. The molecule has 3 rings (SSSR count). The molecule has 0 aliphatic heterocycles. The zero-order valence-electron chi connectivity index (χ0n) is 14.7. The number of allylic oxidation sites excluding steroid dienone is 1. The Morgan fingerprint density at radius 3 is 2.71 bits per heavy atom. The highest BCUT2D eigenvalue weighted by Gasteiger charge is 2.16. The minimum absolute atomic E-state index is 0.0615. The molecule has 1 N–H and O–H groups in total. The van der Waals surface area contributed by atoms with Crippen LogP contribution >= 0.6 is 11.8 Å². The van der Waals surface area contributed by atoms with Crippen LogP contribution in [0.1, 0.15) is 0 Å². The van der Waals surface area contributed by atoms with Gasteiger partial charge in [-0.3, -0.25) is 24.3 Å². The summed E-state index contributed by atoms with van der Waals surface area (Å²) in [5.74, 6) is -0.500. The number of amides is 1. The summed E-state index contributed by atoms with van der Waals surface area (Å²) in [5, 5.41) is 14.4. The highest BCUT2D eigenvalue weighted by Crippen LogP contribution is 2.24.